The van der Waals surface area contributed by atoms with Crippen LogP contribution in [0.2, 0.25) is 5.02 Å². The van der Waals surface area contributed by atoms with Gasteiger partial charge in [-0.05, 0) is 67.9 Å². The molecule has 10 heteroatoms. The number of esters is 1. The van der Waals surface area contributed by atoms with Crippen LogP contribution in [0.4, 0.5) is 13.2 Å². The van der Waals surface area contributed by atoms with Gasteiger partial charge in [-0.3, -0.25) is 4.79 Å². The first kappa shape index (κ1) is 28.5. The van der Waals surface area contributed by atoms with Crippen molar-refractivity contribution >= 4 is 34.3 Å². The minimum atomic E-state index is -4.87. The Morgan fingerprint density at radius 2 is 1.76 bits per heavy atom. The minimum Gasteiger partial charge on any atom is -0.475 e. The molecule has 6 nitrogen and oxygen atoms in total. The third-order valence-corrected chi connectivity index (χ3v) is 7.52. The number of carbonyl (C=O) groups is 2. The zero-order valence-corrected chi connectivity index (χ0v) is 23.3. The van der Waals surface area contributed by atoms with Crippen LogP contribution in [0.5, 0.6) is 11.5 Å². The van der Waals surface area contributed by atoms with E-state index in [1.54, 1.807) is 60.9 Å². The number of ether oxygens (including phenoxy) is 3. The van der Waals surface area contributed by atoms with Crippen LogP contribution < -0.4 is 9.47 Å². The first-order valence-electron chi connectivity index (χ1n) is 13.1. The van der Waals surface area contributed by atoms with Crippen molar-refractivity contribution in [3.05, 3.63) is 94.1 Å². The van der Waals surface area contributed by atoms with Crippen molar-refractivity contribution in [2.75, 3.05) is 6.61 Å². The molecule has 0 spiro atoms. The Hall–Kier alpha value is -3.98. The smallest absolute Gasteiger partial charge is 0.475 e. The third kappa shape index (κ3) is 5.77. The largest absolute Gasteiger partial charge is 0.573 e. The first-order chi connectivity index (χ1) is 19.4. The Morgan fingerprint density at radius 1 is 1.05 bits per heavy atom. The molecule has 2 atom stereocenters. The van der Waals surface area contributed by atoms with E-state index < -0.39 is 23.7 Å². The predicted octanol–water partition coefficient (Wildman–Crippen LogP) is 7.50. The number of hydrogen-bond donors (Lipinski definition) is 0. The monoisotopic (exact) mass is 585 g/mol. The fraction of sp³-hybridized carbons (Fsp3) is 0.290. The Labute approximate surface area is 239 Å². The van der Waals surface area contributed by atoms with Crippen LogP contribution in [0.25, 0.3) is 10.9 Å². The predicted molar refractivity (Wildman–Crippen MR) is 148 cm³/mol. The van der Waals surface area contributed by atoms with Crippen molar-refractivity contribution in [1.82, 2.24) is 4.57 Å². The molecule has 214 valence electrons. The zero-order valence-electron chi connectivity index (χ0n) is 22.5. The lowest BCUT2D eigenvalue weighted by Crippen LogP contribution is -2.33. The number of carbonyl (C=O) groups excluding carboxylic acids is 2. The standard InChI is InChI=1S/C31H27ClF3NO5/c1-4-39-29(38)30(16-18(30)2)40-23-7-5-6-20(14-23)17-36-19(3)27(28(37)21-8-10-22(32)11-9-21)25-13-12-24(15-26(25)36)41-31(33,34)35/h5-15,18H,4,16-17H2,1-3H3. The summed E-state index contributed by atoms with van der Waals surface area (Å²) in [5, 5.41) is 0.958. The maximum absolute atomic E-state index is 13.6. The van der Waals surface area contributed by atoms with Gasteiger partial charge in [-0.25, -0.2) is 4.79 Å². The van der Waals surface area contributed by atoms with Gasteiger partial charge in [0.25, 0.3) is 0 Å². The molecule has 1 saturated carbocycles. The number of aromatic nitrogens is 1. The summed E-state index contributed by atoms with van der Waals surface area (Å²) in [6.45, 7) is 5.85. The summed E-state index contributed by atoms with van der Waals surface area (Å²) < 4.78 is 56.4. The van der Waals surface area contributed by atoms with E-state index >= 15 is 0 Å². The van der Waals surface area contributed by atoms with Gasteiger partial charge in [0, 0.05) is 46.6 Å². The van der Waals surface area contributed by atoms with E-state index in [2.05, 4.69) is 4.74 Å². The molecule has 4 aromatic rings. The summed E-state index contributed by atoms with van der Waals surface area (Å²) in [6.07, 6.45) is -4.34. The normalized spacial score (nSPS) is 18.3. The second kappa shape index (κ2) is 10.8. The maximum Gasteiger partial charge on any atom is 0.573 e. The molecule has 5 rings (SSSR count). The molecule has 0 N–H and O–H groups in total. The average molecular weight is 586 g/mol. The van der Waals surface area contributed by atoms with E-state index in [0.717, 1.165) is 5.56 Å². The number of hydrogen-bond acceptors (Lipinski definition) is 5. The van der Waals surface area contributed by atoms with Crippen molar-refractivity contribution in [2.45, 2.75) is 45.7 Å². The lowest BCUT2D eigenvalue weighted by atomic mass is 10.0. The number of nitrogens with zero attached hydrogens (tertiary/aromatic N) is 1. The molecule has 41 heavy (non-hydrogen) atoms. The Morgan fingerprint density at radius 3 is 2.39 bits per heavy atom. The molecule has 1 fully saturated rings. The lowest BCUT2D eigenvalue weighted by Gasteiger charge is -2.18. The SMILES string of the molecule is CCOC(=O)C1(Oc2cccc(Cn3c(C)c(C(=O)c4ccc(Cl)cc4)c4ccc(OC(F)(F)F)cc43)c2)CC1C. The van der Waals surface area contributed by atoms with Gasteiger partial charge in [0.2, 0.25) is 5.60 Å². The molecule has 1 heterocycles. The van der Waals surface area contributed by atoms with Gasteiger partial charge >= 0.3 is 12.3 Å². The van der Waals surface area contributed by atoms with Crippen molar-refractivity contribution in [2.24, 2.45) is 5.92 Å². The van der Waals surface area contributed by atoms with Crippen LogP contribution in [-0.4, -0.2) is 34.9 Å². The van der Waals surface area contributed by atoms with E-state index in [1.807, 2.05) is 13.0 Å². The fourth-order valence-electron chi connectivity index (χ4n) is 5.11. The van der Waals surface area contributed by atoms with Gasteiger partial charge in [0.05, 0.1) is 17.7 Å². The Balaban J connectivity index is 1.54. The molecular weight excluding hydrogens is 559 g/mol. The molecular formula is C31H27ClF3NO5. The van der Waals surface area contributed by atoms with Gasteiger partial charge in [-0.2, -0.15) is 0 Å². The Bertz CT molecular complexity index is 1630. The summed E-state index contributed by atoms with van der Waals surface area (Å²) in [5.41, 5.74) is 1.43. The van der Waals surface area contributed by atoms with Gasteiger partial charge in [0.1, 0.15) is 11.5 Å². The van der Waals surface area contributed by atoms with Crippen LogP contribution in [0.15, 0.2) is 66.7 Å². The summed E-state index contributed by atoms with van der Waals surface area (Å²) in [6, 6.07) is 17.5. The molecule has 0 saturated heterocycles. The van der Waals surface area contributed by atoms with Gasteiger partial charge < -0.3 is 18.8 Å². The van der Waals surface area contributed by atoms with Crippen LogP contribution in [0.3, 0.4) is 0 Å². The lowest BCUT2D eigenvalue weighted by molar-refractivity contribution is -0.274. The van der Waals surface area contributed by atoms with Gasteiger partial charge in [0.15, 0.2) is 5.78 Å². The summed E-state index contributed by atoms with van der Waals surface area (Å²) in [7, 11) is 0. The van der Waals surface area contributed by atoms with E-state index in [0.29, 0.717) is 44.9 Å². The topological polar surface area (TPSA) is 66.8 Å². The second-order valence-electron chi connectivity index (χ2n) is 10.1. The van der Waals surface area contributed by atoms with E-state index in [9.17, 15) is 22.8 Å². The second-order valence-corrected chi connectivity index (χ2v) is 10.5. The highest BCUT2D eigenvalue weighted by molar-refractivity contribution is 6.30. The van der Waals surface area contributed by atoms with Gasteiger partial charge in [-0.1, -0.05) is 30.7 Å². The van der Waals surface area contributed by atoms with Crippen molar-refractivity contribution in [1.29, 1.82) is 0 Å². The molecule has 1 aromatic heterocycles. The molecule has 0 bridgehead atoms. The summed E-state index contributed by atoms with van der Waals surface area (Å²) in [5.74, 6) is -0.636. The molecule has 3 aromatic carbocycles. The van der Waals surface area contributed by atoms with Crippen LogP contribution in [-0.2, 0) is 16.1 Å². The highest BCUT2D eigenvalue weighted by Crippen LogP contribution is 2.48. The number of alkyl halides is 3. The average Bonchev–Trinajstić information content (AvgIpc) is 3.49. The van der Waals surface area contributed by atoms with Crippen LogP contribution >= 0.6 is 11.6 Å². The molecule has 0 amide bonds. The molecule has 1 aliphatic rings. The van der Waals surface area contributed by atoms with E-state index in [4.69, 9.17) is 21.1 Å². The minimum absolute atomic E-state index is 0.00525. The van der Waals surface area contributed by atoms with E-state index in [-0.39, 0.29) is 24.9 Å². The maximum atomic E-state index is 13.6. The summed E-state index contributed by atoms with van der Waals surface area (Å²) >= 11 is 5.99. The Kier molecular flexibility index (Phi) is 7.50. The highest BCUT2D eigenvalue weighted by atomic mass is 35.5. The zero-order chi connectivity index (χ0) is 29.5. The molecule has 0 aliphatic heterocycles. The number of ketones is 1. The number of benzene rings is 3. The third-order valence-electron chi connectivity index (χ3n) is 7.27. The van der Waals surface area contributed by atoms with Gasteiger partial charge in [-0.15, -0.1) is 13.2 Å². The quantitative estimate of drug-likeness (QED) is 0.150. The number of fused-ring (bicyclic) bond motifs is 1. The highest BCUT2D eigenvalue weighted by Gasteiger charge is 2.62. The van der Waals surface area contributed by atoms with Crippen LogP contribution in [0, 0.1) is 12.8 Å². The summed E-state index contributed by atoms with van der Waals surface area (Å²) in [4.78, 5) is 26.2. The van der Waals surface area contributed by atoms with E-state index in [1.165, 1.54) is 18.2 Å². The molecule has 1 aliphatic carbocycles. The van der Waals surface area contributed by atoms with Crippen LogP contribution in [0.1, 0.15) is 47.4 Å². The van der Waals surface area contributed by atoms with Crippen molar-refractivity contribution in [3.63, 3.8) is 0 Å². The molecule has 2 unspecified atom stereocenters. The number of rotatable bonds is 9. The van der Waals surface area contributed by atoms with Crippen molar-refractivity contribution in [3.8, 4) is 11.5 Å². The fourth-order valence-corrected chi connectivity index (χ4v) is 5.23. The first-order valence-corrected chi connectivity index (χ1v) is 13.4. The van der Waals surface area contributed by atoms with Crippen molar-refractivity contribution < 1.29 is 37.0 Å². The molecule has 0 radical (unpaired) electrons. The number of halogens is 4.